The lowest BCUT2D eigenvalue weighted by Gasteiger charge is -2.03. The topological polar surface area (TPSA) is 29.1 Å². The van der Waals surface area contributed by atoms with E-state index in [0.29, 0.717) is 20.6 Å². The summed E-state index contributed by atoms with van der Waals surface area (Å²) < 4.78 is 0.808. The van der Waals surface area contributed by atoms with Crippen LogP contribution in [0.25, 0.3) is 0 Å². The molecular formula is C15H9BrCl3NO. The highest BCUT2D eigenvalue weighted by molar-refractivity contribution is 9.10. The third kappa shape index (κ3) is 4.48. The summed E-state index contributed by atoms with van der Waals surface area (Å²) in [6.07, 6.45) is 2.93. The van der Waals surface area contributed by atoms with Crippen molar-refractivity contribution in [2.24, 2.45) is 0 Å². The lowest BCUT2D eigenvalue weighted by atomic mass is 10.1. The van der Waals surface area contributed by atoms with Crippen molar-refractivity contribution in [3.8, 4) is 0 Å². The molecule has 2 aromatic rings. The summed E-state index contributed by atoms with van der Waals surface area (Å²) >= 11 is 21.1. The van der Waals surface area contributed by atoms with Gasteiger partial charge >= 0.3 is 0 Å². The predicted octanol–water partition coefficient (Wildman–Crippen LogP) is 6.22. The molecule has 2 rings (SSSR count). The first-order valence-electron chi connectivity index (χ1n) is 5.85. The second kappa shape index (κ2) is 7.32. The van der Waals surface area contributed by atoms with Crippen LogP contribution in [0.3, 0.4) is 0 Å². The number of carbonyl (C=O) groups excluding carboxylic acids is 1. The Balaban J connectivity index is 2.06. The van der Waals surface area contributed by atoms with Crippen molar-refractivity contribution in [2.45, 2.75) is 0 Å². The Bertz CT molecular complexity index is 716. The molecule has 0 saturated heterocycles. The van der Waals surface area contributed by atoms with Crippen molar-refractivity contribution in [3.63, 3.8) is 0 Å². The number of benzene rings is 2. The van der Waals surface area contributed by atoms with E-state index >= 15 is 0 Å². The Labute approximate surface area is 145 Å². The average Bonchev–Trinajstić information content (AvgIpc) is 2.42. The first-order chi connectivity index (χ1) is 9.97. The Morgan fingerprint density at radius 3 is 2.48 bits per heavy atom. The van der Waals surface area contributed by atoms with Crippen molar-refractivity contribution in [3.05, 3.63) is 73.8 Å². The number of nitrogens with one attached hydrogen (secondary N) is 1. The second-order valence-corrected chi connectivity index (χ2v) is 6.20. The van der Waals surface area contributed by atoms with Gasteiger partial charge in [0.15, 0.2) is 5.78 Å². The highest BCUT2D eigenvalue weighted by Gasteiger charge is 2.07. The van der Waals surface area contributed by atoms with Crippen LogP contribution in [-0.2, 0) is 0 Å². The van der Waals surface area contributed by atoms with Gasteiger partial charge in [-0.1, -0.05) is 34.8 Å². The van der Waals surface area contributed by atoms with Crippen LogP contribution in [-0.4, -0.2) is 5.78 Å². The van der Waals surface area contributed by atoms with Crippen molar-refractivity contribution in [1.29, 1.82) is 0 Å². The number of anilines is 1. The fourth-order valence-corrected chi connectivity index (χ4v) is 2.51. The van der Waals surface area contributed by atoms with E-state index in [9.17, 15) is 4.79 Å². The standard InChI is InChI=1S/C15H9BrCl3NO/c16-12-4-2-10(8-14(12)19)20-6-5-15(21)11-3-1-9(17)7-13(11)18/h1-8,20H/b6-5-. The summed E-state index contributed by atoms with van der Waals surface area (Å²) in [6, 6.07) is 10.1. The van der Waals surface area contributed by atoms with Crippen LogP contribution in [0.15, 0.2) is 53.1 Å². The van der Waals surface area contributed by atoms with E-state index in [1.165, 1.54) is 18.3 Å². The van der Waals surface area contributed by atoms with Crippen LogP contribution in [0.5, 0.6) is 0 Å². The zero-order valence-corrected chi connectivity index (χ0v) is 14.4. The molecule has 0 amide bonds. The minimum absolute atomic E-state index is 0.215. The van der Waals surface area contributed by atoms with E-state index in [1.54, 1.807) is 18.2 Å². The predicted molar refractivity (Wildman–Crippen MR) is 92.7 cm³/mol. The Hall–Kier alpha value is -1.000. The molecule has 0 fully saturated rings. The monoisotopic (exact) mass is 403 g/mol. The van der Waals surface area contributed by atoms with Crippen LogP contribution in [0.4, 0.5) is 5.69 Å². The Morgan fingerprint density at radius 2 is 1.81 bits per heavy atom. The molecule has 6 heteroatoms. The Morgan fingerprint density at radius 1 is 1.05 bits per heavy atom. The molecule has 0 aromatic heterocycles. The van der Waals surface area contributed by atoms with Gasteiger partial charge in [0.2, 0.25) is 0 Å². The minimum atomic E-state index is -0.215. The van der Waals surface area contributed by atoms with Gasteiger partial charge in [-0.2, -0.15) is 0 Å². The molecule has 0 unspecified atom stereocenters. The van der Waals surface area contributed by atoms with Gasteiger partial charge in [0.25, 0.3) is 0 Å². The molecule has 0 aliphatic carbocycles. The molecule has 21 heavy (non-hydrogen) atoms. The number of halogens is 4. The maximum absolute atomic E-state index is 12.0. The van der Waals surface area contributed by atoms with E-state index in [4.69, 9.17) is 34.8 Å². The van der Waals surface area contributed by atoms with Gasteiger partial charge in [-0.25, -0.2) is 0 Å². The van der Waals surface area contributed by atoms with Gasteiger partial charge in [-0.15, -0.1) is 0 Å². The lowest BCUT2D eigenvalue weighted by Crippen LogP contribution is -1.97. The molecule has 0 heterocycles. The van der Waals surface area contributed by atoms with Crippen molar-refractivity contribution >= 4 is 62.2 Å². The second-order valence-electron chi connectivity index (χ2n) is 4.09. The summed E-state index contributed by atoms with van der Waals surface area (Å²) in [5.74, 6) is -0.215. The van der Waals surface area contributed by atoms with Crippen LogP contribution in [0.2, 0.25) is 15.1 Å². The quantitative estimate of drug-likeness (QED) is 0.483. The molecule has 1 N–H and O–H groups in total. The Kier molecular flexibility index (Phi) is 5.71. The molecule has 0 spiro atoms. The third-order valence-electron chi connectivity index (χ3n) is 2.60. The fraction of sp³-hybridized carbons (Fsp3) is 0. The average molecular weight is 406 g/mol. The summed E-state index contributed by atoms with van der Waals surface area (Å²) in [5.41, 5.74) is 1.17. The number of rotatable bonds is 4. The van der Waals surface area contributed by atoms with Gasteiger partial charge in [0, 0.05) is 33.0 Å². The number of carbonyl (C=O) groups is 1. The number of hydrogen-bond donors (Lipinski definition) is 1. The SMILES string of the molecule is O=C(/C=C\Nc1ccc(Br)c(Cl)c1)c1ccc(Cl)cc1Cl. The highest BCUT2D eigenvalue weighted by atomic mass is 79.9. The van der Waals surface area contributed by atoms with Crippen LogP contribution in [0, 0.1) is 0 Å². The van der Waals surface area contributed by atoms with Gasteiger partial charge in [-0.3, -0.25) is 4.79 Å². The molecule has 0 aliphatic rings. The van der Waals surface area contributed by atoms with E-state index < -0.39 is 0 Å². The van der Waals surface area contributed by atoms with Crippen molar-refractivity contribution in [2.75, 3.05) is 5.32 Å². The summed E-state index contributed by atoms with van der Waals surface area (Å²) in [6.45, 7) is 0. The van der Waals surface area contributed by atoms with E-state index in [1.807, 2.05) is 12.1 Å². The van der Waals surface area contributed by atoms with Crippen molar-refractivity contribution < 1.29 is 4.79 Å². The molecule has 2 aromatic carbocycles. The molecular weight excluding hydrogens is 396 g/mol. The van der Waals surface area contributed by atoms with E-state index in [-0.39, 0.29) is 5.78 Å². The normalized spacial score (nSPS) is 10.9. The van der Waals surface area contributed by atoms with Crippen LogP contribution >= 0.6 is 50.7 Å². The largest absolute Gasteiger partial charge is 0.362 e. The maximum Gasteiger partial charge on any atom is 0.188 e. The first-order valence-corrected chi connectivity index (χ1v) is 7.77. The molecule has 108 valence electrons. The first kappa shape index (κ1) is 16.4. The number of hydrogen-bond acceptors (Lipinski definition) is 2. The highest BCUT2D eigenvalue weighted by Crippen LogP contribution is 2.25. The lowest BCUT2D eigenvalue weighted by molar-refractivity contribution is 0.104. The minimum Gasteiger partial charge on any atom is -0.362 e. The maximum atomic E-state index is 12.0. The third-order valence-corrected chi connectivity index (χ3v) is 4.38. The molecule has 0 radical (unpaired) electrons. The van der Waals surface area contributed by atoms with Gasteiger partial charge in [-0.05, 0) is 52.3 Å². The van der Waals surface area contributed by atoms with E-state index in [0.717, 1.165) is 10.2 Å². The van der Waals surface area contributed by atoms with Crippen molar-refractivity contribution in [1.82, 2.24) is 0 Å². The summed E-state index contributed by atoms with van der Waals surface area (Å²) in [4.78, 5) is 12.0. The molecule has 0 bridgehead atoms. The van der Waals surface area contributed by atoms with E-state index in [2.05, 4.69) is 21.2 Å². The van der Waals surface area contributed by atoms with Gasteiger partial charge in [0.1, 0.15) is 0 Å². The van der Waals surface area contributed by atoms with Gasteiger partial charge < -0.3 is 5.32 Å². The number of ketones is 1. The van der Waals surface area contributed by atoms with Gasteiger partial charge in [0.05, 0.1) is 10.0 Å². The molecule has 0 saturated carbocycles. The van der Waals surface area contributed by atoms with Crippen LogP contribution in [0.1, 0.15) is 10.4 Å². The van der Waals surface area contributed by atoms with Crippen LogP contribution < -0.4 is 5.32 Å². The fourth-order valence-electron chi connectivity index (χ4n) is 1.58. The zero-order valence-electron chi connectivity index (χ0n) is 10.5. The zero-order chi connectivity index (χ0) is 15.4. The molecule has 0 aliphatic heterocycles. The molecule has 2 nitrogen and oxygen atoms in total. The molecule has 0 atom stereocenters. The smallest absolute Gasteiger partial charge is 0.188 e. The summed E-state index contributed by atoms with van der Waals surface area (Å²) in [7, 11) is 0. The summed E-state index contributed by atoms with van der Waals surface area (Å²) in [5, 5.41) is 4.36. The number of allylic oxidation sites excluding steroid dienone is 1.